The topological polar surface area (TPSA) is 143 Å². The highest BCUT2D eigenvalue weighted by atomic mass is 16.3. The van der Waals surface area contributed by atoms with Gasteiger partial charge >= 0.3 is 0 Å². The Bertz CT molecular complexity index is 1800. The quantitative estimate of drug-likeness (QED) is 0.346. The van der Waals surface area contributed by atoms with Crippen molar-refractivity contribution in [2.24, 2.45) is 24.3 Å². The maximum absolute atomic E-state index is 13.0. The Hall–Kier alpha value is -4.93. The molecule has 0 saturated heterocycles. The van der Waals surface area contributed by atoms with Crippen LogP contribution in [0.3, 0.4) is 0 Å². The molecule has 0 aliphatic heterocycles. The number of aromatic hydroxyl groups is 1. The molecule has 176 valence electrons. The molecule has 0 fully saturated rings. The first kappa shape index (κ1) is 21.9. The number of azo groups is 1. The monoisotopic (exact) mass is 471 g/mol. The van der Waals surface area contributed by atoms with Crippen molar-refractivity contribution in [1.82, 2.24) is 24.1 Å². The van der Waals surface area contributed by atoms with Crippen molar-refractivity contribution in [1.29, 1.82) is 0 Å². The highest BCUT2D eigenvalue weighted by molar-refractivity contribution is 5.93. The minimum Gasteiger partial charge on any atom is -0.506 e. The average molecular weight is 471 g/mol. The van der Waals surface area contributed by atoms with Gasteiger partial charge in [-0.15, -0.1) is 5.11 Å². The van der Waals surface area contributed by atoms with Crippen LogP contribution in [0.25, 0.3) is 27.8 Å². The summed E-state index contributed by atoms with van der Waals surface area (Å²) in [6.07, 6.45) is 0. The largest absolute Gasteiger partial charge is 0.506 e. The van der Waals surface area contributed by atoms with Gasteiger partial charge in [0.05, 0.1) is 16.9 Å². The van der Waals surface area contributed by atoms with E-state index >= 15 is 0 Å². The van der Waals surface area contributed by atoms with E-state index < -0.39 is 11.1 Å². The van der Waals surface area contributed by atoms with Crippen LogP contribution in [0.15, 0.2) is 79.2 Å². The summed E-state index contributed by atoms with van der Waals surface area (Å²) in [7, 11) is 3.37. The van der Waals surface area contributed by atoms with Gasteiger partial charge in [0.15, 0.2) is 5.69 Å². The third kappa shape index (κ3) is 3.50. The lowest BCUT2D eigenvalue weighted by atomic mass is 10.1. The number of para-hydroxylation sites is 1. The lowest BCUT2D eigenvalue weighted by molar-refractivity contribution is 0.481. The predicted molar refractivity (Wildman–Crippen MR) is 131 cm³/mol. The SMILES string of the molecule is Cc1cc(=O)n(-c2ccc(N=Nc3c(-c4c(O)c5ccccc5n(C)c4=O)[nH][nH]c3=O)cc2)n1C. The third-order valence-electron chi connectivity index (χ3n) is 5.99. The predicted octanol–water partition coefficient (Wildman–Crippen LogP) is 3.14. The normalized spacial score (nSPS) is 11.6. The summed E-state index contributed by atoms with van der Waals surface area (Å²) < 4.78 is 4.65. The molecule has 2 aromatic carbocycles. The Morgan fingerprint density at radius 2 is 1.63 bits per heavy atom. The Labute approximate surface area is 197 Å². The zero-order chi connectivity index (χ0) is 24.9. The van der Waals surface area contributed by atoms with E-state index in [9.17, 15) is 19.5 Å². The number of hydrogen-bond acceptors (Lipinski definition) is 6. The molecule has 3 heterocycles. The summed E-state index contributed by atoms with van der Waals surface area (Å²) in [6, 6.07) is 15.2. The van der Waals surface area contributed by atoms with E-state index in [-0.39, 0.29) is 28.3 Å². The first-order chi connectivity index (χ1) is 16.8. The maximum atomic E-state index is 13.0. The van der Waals surface area contributed by atoms with Gasteiger partial charge in [0, 0.05) is 31.2 Å². The van der Waals surface area contributed by atoms with Gasteiger partial charge in [0.25, 0.3) is 16.7 Å². The van der Waals surface area contributed by atoms with Crippen molar-refractivity contribution in [3.05, 3.63) is 91.4 Å². The smallest absolute Gasteiger partial charge is 0.292 e. The number of aromatic nitrogens is 5. The van der Waals surface area contributed by atoms with Crippen molar-refractivity contribution in [2.75, 3.05) is 0 Å². The number of benzene rings is 2. The molecular weight excluding hydrogens is 450 g/mol. The lowest BCUT2D eigenvalue weighted by Crippen LogP contribution is -2.19. The summed E-state index contributed by atoms with van der Waals surface area (Å²) >= 11 is 0. The fourth-order valence-electron chi connectivity index (χ4n) is 4.04. The Morgan fingerprint density at radius 1 is 0.914 bits per heavy atom. The fourth-order valence-corrected chi connectivity index (χ4v) is 4.04. The van der Waals surface area contributed by atoms with E-state index in [1.54, 1.807) is 73.4 Å². The molecule has 0 bridgehead atoms. The second-order valence-electron chi connectivity index (χ2n) is 8.08. The molecule has 11 nitrogen and oxygen atoms in total. The molecule has 0 aliphatic carbocycles. The summed E-state index contributed by atoms with van der Waals surface area (Å²) in [5, 5.41) is 24.5. The van der Waals surface area contributed by atoms with Gasteiger partial charge in [0.1, 0.15) is 17.0 Å². The molecular formula is C24H21N7O4. The van der Waals surface area contributed by atoms with Gasteiger partial charge in [-0.25, -0.2) is 4.68 Å². The van der Waals surface area contributed by atoms with E-state index in [1.807, 2.05) is 6.92 Å². The molecule has 0 amide bonds. The van der Waals surface area contributed by atoms with Crippen molar-refractivity contribution in [3.63, 3.8) is 0 Å². The van der Waals surface area contributed by atoms with Crippen LogP contribution in [-0.2, 0) is 14.1 Å². The van der Waals surface area contributed by atoms with Crippen LogP contribution >= 0.6 is 0 Å². The molecule has 0 radical (unpaired) electrons. The van der Waals surface area contributed by atoms with Crippen LogP contribution in [0.4, 0.5) is 11.4 Å². The van der Waals surface area contributed by atoms with Crippen molar-refractivity contribution >= 4 is 22.3 Å². The number of nitrogens with zero attached hydrogens (tertiary/aromatic N) is 5. The summed E-state index contributed by atoms with van der Waals surface area (Å²) in [6.45, 7) is 1.84. The van der Waals surface area contributed by atoms with Crippen LogP contribution in [0.2, 0.25) is 0 Å². The number of hydrogen-bond donors (Lipinski definition) is 3. The van der Waals surface area contributed by atoms with Crippen molar-refractivity contribution in [2.45, 2.75) is 6.92 Å². The van der Waals surface area contributed by atoms with E-state index in [2.05, 4.69) is 20.4 Å². The summed E-state index contributed by atoms with van der Waals surface area (Å²) in [5.41, 5.74) is 0.988. The molecule has 5 rings (SSSR count). The molecule has 0 aliphatic rings. The zero-order valence-electron chi connectivity index (χ0n) is 19.1. The number of aromatic amines is 2. The number of fused-ring (bicyclic) bond motifs is 1. The molecule has 0 atom stereocenters. The second kappa shape index (κ2) is 8.13. The highest BCUT2D eigenvalue weighted by Gasteiger charge is 2.22. The molecule has 5 aromatic rings. The van der Waals surface area contributed by atoms with E-state index in [0.29, 0.717) is 22.3 Å². The van der Waals surface area contributed by atoms with E-state index in [0.717, 1.165) is 5.69 Å². The maximum Gasteiger partial charge on any atom is 0.292 e. The van der Waals surface area contributed by atoms with Crippen LogP contribution in [-0.4, -0.2) is 29.2 Å². The highest BCUT2D eigenvalue weighted by Crippen LogP contribution is 2.35. The fraction of sp³-hybridized carbons (Fsp3) is 0.125. The molecule has 0 saturated carbocycles. The van der Waals surface area contributed by atoms with Crippen LogP contribution < -0.4 is 16.7 Å². The van der Waals surface area contributed by atoms with Gasteiger partial charge < -0.3 is 9.67 Å². The Morgan fingerprint density at radius 3 is 2.31 bits per heavy atom. The van der Waals surface area contributed by atoms with Crippen molar-refractivity contribution in [3.8, 4) is 22.7 Å². The number of aryl methyl sites for hydroxylation is 2. The Kier molecular flexibility index (Phi) is 5.09. The molecule has 11 heteroatoms. The Balaban J connectivity index is 1.56. The first-order valence-corrected chi connectivity index (χ1v) is 10.7. The number of H-pyrrole nitrogens is 2. The lowest BCUT2D eigenvalue weighted by Gasteiger charge is -2.10. The van der Waals surface area contributed by atoms with Crippen LogP contribution in [0.1, 0.15) is 5.69 Å². The summed E-state index contributed by atoms with van der Waals surface area (Å²) in [4.78, 5) is 37.7. The number of nitrogens with one attached hydrogen (secondary N) is 2. The van der Waals surface area contributed by atoms with Gasteiger partial charge in [-0.05, 0) is 43.3 Å². The van der Waals surface area contributed by atoms with Gasteiger partial charge in [-0.3, -0.25) is 29.3 Å². The first-order valence-electron chi connectivity index (χ1n) is 10.7. The average Bonchev–Trinajstić information content (AvgIpc) is 3.34. The van der Waals surface area contributed by atoms with E-state index in [4.69, 9.17) is 0 Å². The minimum absolute atomic E-state index is 0.0325. The minimum atomic E-state index is -0.596. The molecule has 3 N–H and O–H groups in total. The number of pyridine rings is 1. The number of rotatable bonds is 4. The summed E-state index contributed by atoms with van der Waals surface area (Å²) in [5.74, 6) is -0.261. The molecule has 0 spiro atoms. The zero-order valence-corrected chi connectivity index (χ0v) is 19.1. The van der Waals surface area contributed by atoms with Gasteiger partial charge in [-0.2, -0.15) is 5.11 Å². The van der Waals surface area contributed by atoms with Crippen molar-refractivity contribution < 1.29 is 5.11 Å². The standard InChI is InChI=1S/C24H21N7O4/c1-13-12-18(32)31(30(13)3)15-10-8-14(9-11-15)25-27-21-20(26-28-23(21)34)19-22(33)16-6-4-5-7-17(16)29(2)24(19)35/h4-12,33H,1-3H3,(H2,26,28,34). The van der Waals surface area contributed by atoms with E-state index in [1.165, 1.54) is 9.25 Å². The third-order valence-corrected chi connectivity index (χ3v) is 5.99. The van der Waals surface area contributed by atoms with Crippen LogP contribution in [0.5, 0.6) is 5.75 Å². The second-order valence-corrected chi connectivity index (χ2v) is 8.08. The molecule has 35 heavy (non-hydrogen) atoms. The van der Waals surface area contributed by atoms with Gasteiger partial charge in [-0.1, -0.05) is 12.1 Å². The van der Waals surface area contributed by atoms with Crippen LogP contribution in [0, 0.1) is 6.92 Å². The van der Waals surface area contributed by atoms with Gasteiger partial charge in [0.2, 0.25) is 0 Å². The molecule has 3 aromatic heterocycles. The molecule has 0 unspecified atom stereocenters.